The molecule has 4 heterocycles. The normalized spacial score (nSPS) is 23.0. The number of furan rings is 1. The van der Waals surface area contributed by atoms with E-state index in [0.29, 0.717) is 22.0 Å². The first-order chi connectivity index (χ1) is 19.3. The van der Waals surface area contributed by atoms with Gasteiger partial charge in [-0.05, 0) is 91.5 Å². The van der Waals surface area contributed by atoms with Crippen molar-refractivity contribution in [2.75, 3.05) is 22.9 Å². The van der Waals surface area contributed by atoms with Gasteiger partial charge in [-0.2, -0.15) is 0 Å². The molecule has 0 saturated carbocycles. The van der Waals surface area contributed by atoms with Crippen molar-refractivity contribution in [2.45, 2.75) is 39.3 Å². The zero-order chi connectivity index (χ0) is 28.0. The molecule has 2 aliphatic rings. The van der Waals surface area contributed by atoms with Crippen LogP contribution in [0, 0.1) is 18.8 Å². The van der Waals surface area contributed by atoms with Gasteiger partial charge in [-0.25, -0.2) is 0 Å². The SMILES string of the molecule is Cc1ccc(-c2ccc([C@@H]3[C@H](c4ccccn4)NC(=S)N3c3ccc(N4C[C@H](C)C[C@@H](C)C4)c(Cl)c3)o2)cc1Cl. The molecule has 0 aliphatic carbocycles. The van der Waals surface area contributed by atoms with Crippen molar-refractivity contribution < 1.29 is 4.42 Å². The lowest BCUT2D eigenvalue weighted by Crippen LogP contribution is -2.38. The van der Waals surface area contributed by atoms with Gasteiger partial charge < -0.3 is 19.5 Å². The standard InChI is InChI=1S/C32H32Cl2N4OS/c1-19-14-20(2)18-37(17-19)27-10-9-23(16-25(27)34)38-31(30(36-32(38)40)26-6-4-5-13-35-26)29-12-11-28(39-29)22-8-7-21(3)24(33)15-22/h4-13,15-16,19-20,30-31H,14,17-18H2,1-3H3,(H,36,40)/t19-,20-,30+,31-/m1/s1. The molecule has 40 heavy (non-hydrogen) atoms. The fourth-order valence-corrected chi connectivity index (χ4v) is 6.92. The lowest BCUT2D eigenvalue weighted by Gasteiger charge is -2.37. The summed E-state index contributed by atoms with van der Waals surface area (Å²) in [5, 5.41) is 5.53. The van der Waals surface area contributed by atoms with Crippen LogP contribution in [0.5, 0.6) is 0 Å². The lowest BCUT2D eigenvalue weighted by atomic mass is 9.91. The molecule has 2 aromatic heterocycles. The second-order valence-electron chi connectivity index (χ2n) is 11.1. The van der Waals surface area contributed by atoms with Crippen molar-refractivity contribution >= 4 is 51.9 Å². The van der Waals surface area contributed by atoms with E-state index in [-0.39, 0.29) is 12.1 Å². The monoisotopic (exact) mass is 590 g/mol. The number of hydrogen-bond donors (Lipinski definition) is 1. The van der Waals surface area contributed by atoms with E-state index < -0.39 is 0 Å². The number of rotatable bonds is 5. The molecule has 8 heteroatoms. The largest absolute Gasteiger partial charge is 0.459 e. The quantitative estimate of drug-likeness (QED) is 0.235. The number of benzene rings is 2. The number of nitrogens with one attached hydrogen (secondary N) is 1. The summed E-state index contributed by atoms with van der Waals surface area (Å²) in [6.45, 7) is 8.63. The van der Waals surface area contributed by atoms with Gasteiger partial charge in [0.1, 0.15) is 17.6 Å². The molecule has 2 aromatic carbocycles. The van der Waals surface area contributed by atoms with Crippen LogP contribution in [0.2, 0.25) is 10.0 Å². The zero-order valence-corrected chi connectivity index (χ0v) is 25.1. The van der Waals surface area contributed by atoms with Crippen LogP contribution in [0.4, 0.5) is 11.4 Å². The van der Waals surface area contributed by atoms with Gasteiger partial charge in [0, 0.05) is 35.6 Å². The maximum absolute atomic E-state index is 6.96. The topological polar surface area (TPSA) is 44.5 Å². The Hall–Kier alpha value is -3.06. The van der Waals surface area contributed by atoms with Crippen molar-refractivity contribution in [3.8, 4) is 11.3 Å². The van der Waals surface area contributed by atoms with Gasteiger partial charge in [0.2, 0.25) is 0 Å². The van der Waals surface area contributed by atoms with Crippen LogP contribution in [-0.4, -0.2) is 23.2 Å². The Kier molecular flexibility index (Phi) is 7.51. The molecule has 0 radical (unpaired) electrons. The molecule has 2 aliphatic heterocycles. The van der Waals surface area contributed by atoms with Crippen LogP contribution in [0.1, 0.15) is 49.4 Å². The van der Waals surface area contributed by atoms with E-state index in [4.69, 9.17) is 39.8 Å². The van der Waals surface area contributed by atoms with Crippen molar-refractivity contribution in [1.82, 2.24) is 10.3 Å². The van der Waals surface area contributed by atoms with Gasteiger partial charge in [-0.1, -0.05) is 55.2 Å². The number of piperidine rings is 1. The Balaban J connectivity index is 1.38. The summed E-state index contributed by atoms with van der Waals surface area (Å²) in [5.74, 6) is 2.79. The number of anilines is 2. The summed E-state index contributed by atoms with van der Waals surface area (Å²) < 4.78 is 6.50. The van der Waals surface area contributed by atoms with Gasteiger partial charge in [-0.3, -0.25) is 4.98 Å². The predicted molar refractivity (Wildman–Crippen MR) is 168 cm³/mol. The highest BCUT2D eigenvalue weighted by Crippen LogP contribution is 2.44. The summed E-state index contributed by atoms with van der Waals surface area (Å²) in [6, 6.07) is 21.6. The number of nitrogens with zero attached hydrogens (tertiary/aromatic N) is 3. The van der Waals surface area contributed by atoms with Crippen LogP contribution < -0.4 is 15.1 Å². The molecular weight excluding hydrogens is 559 g/mol. The summed E-state index contributed by atoms with van der Waals surface area (Å²) in [6.07, 6.45) is 3.05. The first-order valence-corrected chi connectivity index (χ1v) is 14.9. The van der Waals surface area contributed by atoms with Crippen LogP contribution >= 0.6 is 35.4 Å². The fraction of sp³-hybridized carbons (Fsp3) is 0.312. The molecule has 6 rings (SSSR count). The lowest BCUT2D eigenvalue weighted by molar-refractivity contribution is 0.357. The average Bonchev–Trinajstić information content (AvgIpc) is 3.55. The van der Waals surface area contributed by atoms with Crippen LogP contribution in [0.15, 0.2) is 77.3 Å². The molecule has 0 spiro atoms. The molecule has 5 nitrogen and oxygen atoms in total. The molecule has 4 aromatic rings. The summed E-state index contributed by atoms with van der Waals surface area (Å²) in [4.78, 5) is 9.15. The molecular formula is C32H32Cl2N4OS. The molecule has 0 unspecified atom stereocenters. The number of aromatic nitrogens is 1. The highest BCUT2D eigenvalue weighted by atomic mass is 35.5. The minimum absolute atomic E-state index is 0.212. The van der Waals surface area contributed by atoms with Crippen molar-refractivity contribution in [3.63, 3.8) is 0 Å². The number of pyridine rings is 1. The second-order valence-corrected chi connectivity index (χ2v) is 12.4. The highest BCUT2D eigenvalue weighted by molar-refractivity contribution is 7.80. The second kappa shape index (κ2) is 11.1. The van der Waals surface area contributed by atoms with Gasteiger partial charge in [0.05, 0.1) is 22.4 Å². The van der Waals surface area contributed by atoms with Crippen molar-refractivity contribution in [2.24, 2.45) is 11.8 Å². The molecule has 2 fully saturated rings. The molecule has 0 bridgehead atoms. The Morgan fingerprint density at radius 2 is 1.75 bits per heavy atom. The van der Waals surface area contributed by atoms with E-state index in [2.05, 4.69) is 46.1 Å². The van der Waals surface area contributed by atoms with Gasteiger partial charge in [0.25, 0.3) is 0 Å². The van der Waals surface area contributed by atoms with Gasteiger partial charge in [0.15, 0.2) is 5.11 Å². The van der Waals surface area contributed by atoms with E-state index in [0.717, 1.165) is 57.8 Å². The van der Waals surface area contributed by atoms with Gasteiger partial charge in [-0.15, -0.1) is 0 Å². The van der Waals surface area contributed by atoms with E-state index in [1.807, 2.05) is 61.5 Å². The molecule has 1 N–H and O–H groups in total. The summed E-state index contributed by atoms with van der Waals surface area (Å²) >= 11 is 19.3. The molecule has 0 amide bonds. The maximum atomic E-state index is 6.96. The van der Waals surface area contributed by atoms with E-state index in [9.17, 15) is 0 Å². The number of hydrogen-bond acceptors (Lipinski definition) is 4. The zero-order valence-electron chi connectivity index (χ0n) is 22.8. The first-order valence-electron chi connectivity index (χ1n) is 13.7. The third-order valence-corrected chi connectivity index (χ3v) is 8.92. The van der Waals surface area contributed by atoms with E-state index >= 15 is 0 Å². The van der Waals surface area contributed by atoms with Crippen LogP contribution in [0.3, 0.4) is 0 Å². The third kappa shape index (κ3) is 5.20. The average molecular weight is 592 g/mol. The van der Waals surface area contributed by atoms with Crippen molar-refractivity contribution in [3.05, 3.63) is 100.0 Å². The minimum atomic E-state index is -0.269. The van der Waals surface area contributed by atoms with Crippen LogP contribution in [-0.2, 0) is 0 Å². The van der Waals surface area contributed by atoms with Gasteiger partial charge >= 0.3 is 0 Å². The molecule has 4 atom stereocenters. The summed E-state index contributed by atoms with van der Waals surface area (Å²) in [7, 11) is 0. The smallest absolute Gasteiger partial charge is 0.174 e. The Morgan fingerprint density at radius 1 is 0.950 bits per heavy atom. The number of aryl methyl sites for hydroxylation is 1. The highest BCUT2D eigenvalue weighted by Gasteiger charge is 2.43. The Labute approximate surface area is 251 Å². The van der Waals surface area contributed by atoms with Crippen LogP contribution in [0.25, 0.3) is 11.3 Å². The summed E-state index contributed by atoms with van der Waals surface area (Å²) in [5.41, 5.74) is 4.81. The van der Waals surface area contributed by atoms with E-state index in [1.54, 1.807) is 6.20 Å². The Bertz CT molecular complexity index is 1530. The molecule has 206 valence electrons. The Morgan fingerprint density at radius 3 is 2.45 bits per heavy atom. The predicted octanol–water partition coefficient (Wildman–Crippen LogP) is 8.62. The minimum Gasteiger partial charge on any atom is -0.459 e. The number of halogens is 2. The van der Waals surface area contributed by atoms with E-state index in [1.165, 1.54) is 6.42 Å². The third-order valence-electron chi connectivity index (χ3n) is 7.89. The maximum Gasteiger partial charge on any atom is 0.174 e. The first kappa shape index (κ1) is 27.1. The fourth-order valence-electron chi connectivity index (χ4n) is 6.10. The van der Waals surface area contributed by atoms with Crippen molar-refractivity contribution in [1.29, 1.82) is 0 Å². The number of thiocarbonyl (C=S) groups is 1. The molecule has 2 saturated heterocycles.